The molecule has 6 heteroatoms. The normalized spacial score (nSPS) is 9.31. The van der Waals surface area contributed by atoms with E-state index in [0.29, 0.717) is 0 Å². The summed E-state index contributed by atoms with van der Waals surface area (Å²) in [6.45, 7) is 1.47. The highest BCUT2D eigenvalue weighted by Gasteiger charge is 2.24. The fourth-order valence-corrected chi connectivity index (χ4v) is 1.33. The van der Waals surface area contributed by atoms with Crippen LogP contribution in [0.15, 0.2) is 12.1 Å². The molecule has 0 radical (unpaired) electrons. The van der Waals surface area contributed by atoms with Crippen molar-refractivity contribution >= 4 is 11.7 Å². The summed E-state index contributed by atoms with van der Waals surface area (Å²) in [7, 11) is 1.13. The molecule has 1 aromatic rings. The van der Waals surface area contributed by atoms with Gasteiger partial charge in [0.2, 0.25) is 0 Å². The first-order valence-corrected chi connectivity index (χ1v) is 4.29. The van der Waals surface area contributed by atoms with Crippen molar-refractivity contribution in [2.24, 2.45) is 0 Å². The molecule has 16 heavy (non-hydrogen) atoms. The van der Waals surface area contributed by atoms with Crippen molar-refractivity contribution in [3.8, 4) is 6.07 Å². The third-order valence-electron chi connectivity index (χ3n) is 2.15. The quantitative estimate of drug-likeness (QED) is 0.428. The minimum Gasteiger partial charge on any atom is -0.465 e. The van der Waals surface area contributed by atoms with E-state index in [1.54, 1.807) is 0 Å². The van der Waals surface area contributed by atoms with Crippen LogP contribution in [-0.4, -0.2) is 18.0 Å². The lowest BCUT2D eigenvalue weighted by molar-refractivity contribution is -0.385. The Labute approximate surface area is 91.2 Å². The molecule has 1 aromatic carbocycles. The van der Waals surface area contributed by atoms with Crippen LogP contribution in [0.3, 0.4) is 0 Å². The standard InChI is InChI=1S/C10H8N2O4/c1-6-7(5-11)3-4-8(12(14)15)9(6)10(13)16-2/h3-4H,1-2H3. The number of benzene rings is 1. The van der Waals surface area contributed by atoms with Crippen LogP contribution in [0.4, 0.5) is 5.69 Å². The van der Waals surface area contributed by atoms with E-state index < -0.39 is 10.9 Å². The molecule has 0 aromatic heterocycles. The van der Waals surface area contributed by atoms with Gasteiger partial charge in [-0.2, -0.15) is 5.26 Å². The molecule has 0 amide bonds. The maximum atomic E-state index is 11.4. The summed E-state index contributed by atoms with van der Waals surface area (Å²) in [5.41, 5.74) is -0.0653. The van der Waals surface area contributed by atoms with Gasteiger partial charge in [-0.3, -0.25) is 10.1 Å². The maximum absolute atomic E-state index is 11.4. The largest absolute Gasteiger partial charge is 0.465 e. The van der Waals surface area contributed by atoms with Gasteiger partial charge in [-0.25, -0.2) is 4.79 Å². The fraction of sp³-hybridized carbons (Fsp3) is 0.200. The highest BCUT2D eigenvalue weighted by molar-refractivity contribution is 5.96. The summed E-state index contributed by atoms with van der Waals surface area (Å²) in [6, 6.07) is 4.28. The molecule has 0 saturated heterocycles. The van der Waals surface area contributed by atoms with Gasteiger partial charge in [-0.05, 0) is 18.6 Å². The number of hydrogen-bond donors (Lipinski definition) is 0. The first kappa shape index (κ1) is 11.7. The van der Waals surface area contributed by atoms with Crippen molar-refractivity contribution in [1.29, 1.82) is 5.26 Å². The van der Waals surface area contributed by atoms with E-state index in [9.17, 15) is 14.9 Å². The van der Waals surface area contributed by atoms with Gasteiger partial charge in [0.1, 0.15) is 5.56 Å². The first-order chi connectivity index (χ1) is 7.52. The molecule has 0 atom stereocenters. The van der Waals surface area contributed by atoms with Crippen molar-refractivity contribution in [3.63, 3.8) is 0 Å². The Hall–Kier alpha value is -2.42. The second-order valence-electron chi connectivity index (χ2n) is 2.99. The van der Waals surface area contributed by atoms with Gasteiger partial charge in [-0.1, -0.05) is 0 Å². The average Bonchev–Trinajstić information content (AvgIpc) is 2.27. The van der Waals surface area contributed by atoms with Gasteiger partial charge in [-0.15, -0.1) is 0 Å². The third kappa shape index (κ3) is 1.83. The molecular formula is C10H8N2O4. The number of carbonyl (C=O) groups is 1. The topological polar surface area (TPSA) is 93.2 Å². The Morgan fingerprint density at radius 2 is 2.19 bits per heavy atom. The molecule has 1 rings (SSSR count). The van der Waals surface area contributed by atoms with E-state index in [4.69, 9.17) is 5.26 Å². The van der Waals surface area contributed by atoms with Crippen LogP contribution < -0.4 is 0 Å². The van der Waals surface area contributed by atoms with Crippen LogP contribution in [0.5, 0.6) is 0 Å². The lowest BCUT2D eigenvalue weighted by Gasteiger charge is -2.05. The molecule has 0 aliphatic carbocycles. The number of hydrogen-bond acceptors (Lipinski definition) is 5. The highest BCUT2D eigenvalue weighted by Crippen LogP contribution is 2.25. The molecule has 0 aliphatic rings. The molecule has 0 N–H and O–H groups in total. The lowest BCUT2D eigenvalue weighted by atomic mass is 10.0. The number of nitro benzene ring substituents is 1. The SMILES string of the molecule is COC(=O)c1c([N+](=O)[O-])ccc(C#N)c1C. The van der Waals surface area contributed by atoms with Crippen LogP contribution in [0.1, 0.15) is 21.5 Å². The molecule has 0 spiro atoms. The summed E-state index contributed by atoms with van der Waals surface area (Å²) in [5, 5.41) is 19.5. The van der Waals surface area contributed by atoms with Crippen molar-refractivity contribution in [2.45, 2.75) is 6.92 Å². The van der Waals surface area contributed by atoms with E-state index in [2.05, 4.69) is 4.74 Å². The Bertz CT molecular complexity index is 502. The average molecular weight is 220 g/mol. The molecule has 0 unspecified atom stereocenters. The number of nitriles is 1. The minimum atomic E-state index is -0.818. The number of esters is 1. The van der Waals surface area contributed by atoms with Crippen LogP contribution in [0.25, 0.3) is 0 Å². The van der Waals surface area contributed by atoms with Gasteiger partial charge in [0.05, 0.1) is 23.7 Å². The second-order valence-corrected chi connectivity index (χ2v) is 2.99. The Kier molecular flexibility index (Phi) is 3.20. The van der Waals surface area contributed by atoms with Gasteiger partial charge >= 0.3 is 5.97 Å². The number of methoxy groups -OCH3 is 1. The van der Waals surface area contributed by atoms with Crippen molar-refractivity contribution in [3.05, 3.63) is 38.9 Å². The van der Waals surface area contributed by atoms with E-state index in [1.807, 2.05) is 6.07 Å². The monoisotopic (exact) mass is 220 g/mol. The van der Waals surface area contributed by atoms with E-state index >= 15 is 0 Å². The number of rotatable bonds is 2. The van der Waals surface area contributed by atoms with Gasteiger partial charge in [0.25, 0.3) is 5.69 Å². The van der Waals surface area contributed by atoms with Gasteiger partial charge in [0, 0.05) is 6.07 Å². The molecule has 6 nitrogen and oxygen atoms in total. The Balaban J connectivity index is 3.56. The summed E-state index contributed by atoms with van der Waals surface area (Å²) in [6.07, 6.45) is 0. The second kappa shape index (κ2) is 4.40. The number of nitro groups is 1. The summed E-state index contributed by atoms with van der Waals surface area (Å²) in [4.78, 5) is 21.4. The Morgan fingerprint density at radius 3 is 2.62 bits per heavy atom. The number of nitrogens with zero attached hydrogens (tertiary/aromatic N) is 2. The van der Waals surface area contributed by atoms with Crippen molar-refractivity contribution in [1.82, 2.24) is 0 Å². The lowest BCUT2D eigenvalue weighted by Crippen LogP contribution is -2.09. The highest BCUT2D eigenvalue weighted by atomic mass is 16.6. The molecule has 0 fully saturated rings. The van der Waals surface area contributed by atoms with Gasteiger partial charge < -0.3 is 4.74 Å². The van der Waals surface area contributed by atoms with Crippen LogP contribution in [0.2, 0.25) is 0 Å². The van der Waals surface area contributed by atoms with Crippen LogP contribution >= 0.6 is 0 Å². The number of carbonyl (C=O) groups excluding carboxylic acids is 1. The summed E-state index contributed by atoms with van der Waals surface area (Å²) >= 11 is 0. The fourth-order valence-electron chi connectivity index (χ4n) is 1.33. The van der Waals surface area contributed by atoms with Crippen LogP contribution in [-0.2, 0) is 4.74 Å². The molecule has 0 saturated carbocycles. The molecular weight excluding hydrogens is 212 g/mol. The Morgan fingerprint density at radius 1 is 1.56 bits per heavy atom. The predicted molar refractivity (Wildman–Crippen MR) is 53.9 cm³/mol. The third-order valence-corrected chi connectivity index (χ3v) is 2.15. The van der Waals surface area contributed by atoms with Crippen LogP contribution in [0, 0.1) is 28.4 Å². The molecule has 0 aliphatic heterocycles. The zero-order valence-corrected chi connectivity index (χ0v) is 8.68. The van der Waals surface area contributed by atoms with Crippen molar-refractivity contribution < 1.29 is 14.5 Å². The molecule has 0 heterocycles. The predicted octanol–water partition coefficient (Wildman–Crippen LogP) is 1.56. The zero-order chi connectivity index (χ0) is 12.3. The summed E-state index contributed by atoms with van der Waals surface area (Å²) < 4.78 is 4.45. The first-order valence-electron chi connectivity index (χ1n) is 4.29. The van der Waals surface area contributed by atoms with E-state index in [-0.39, 0.29) is 22.4 Å². The zero-order valence-electron chi connectivity index (χ0n) is 8.68. The maximum Gasteiger partial charge on any atom is 0.345 e. The number of ether oxygens (including phenoxy) is 1. The minimum absolute atomic E-state index is 0.174. The van der Waals surface area contributed by atoms with E-state index in [0.717, 1.165) is 13.2 Å². The smallest absolute Gasteiger partial charge is 0.345 e. The van der Waals surface area contributed by atoms with Crippen molar-refractivity contribution in [2.75, 3.05) is 7.11 Å². The van der Waals surface area contributed by atoms with E-state index in [1.165, 1.54) is 13.0 Å². The molecule has 0 bridgehead atoms. The summed E-state index contributed by atoms with van der Waals surface area (Å²) in [5.74, 6) is -0.818. The molecule has 82 valence electrons. The van der Waals surface area contributed by atoms with Gasteiger partial charge in [0.15, 0.2) is 0 Å².